The third kappa shape index (κ3) is 5.35. The third-order valence-electron chi connectivity index (χ3n) is 1.62. The second-order valence-corrected chi connectivity index (χ2v) is 5.95. The second-order valence-electron chi connectivity index (χ2n) is 3.18. The maximum absolute atomic E-state index is 11.9. The Morgan fingerprint density at radius 2 is 2.18 bits per heavy atom. The topological polar surface area (TPSA) is 54.9 Å². The molecular formula is C8H10F3N3OS2. The molecule has 1 amide bonds. The van der Waals surface area contributed by atoms with Crippen molar-refractivity contribution in [1.82, 2.24) is 15.5 Å². The normalized spacial score (nSPS) is 13.5. The Kier molecular flexibility index (Phi) is 4.75. The van der Waals surface area contributed by atoms with Crippen molar-refractivity contribution >= 4 is 29.0 Å². The standard InChI is InChI=1S/C8H10F3N3OS2/c1-4(6(15)12-3-8(9,10)11)16-7-14-13-5(2)17-7/h4H,3H2,1-2H3,(H,12,15)/t4-/m1/s1. The highest BCUT2D eigenvalue weighted by Gasteiger charge is 2.29. The molecule has 17 heavy (non-hydrogen) atoms. The van der Waals surface area contributed by atoms with Crippen molar-refractivity contribution in [2.75, 3.05) is 6.54 Å². The number of aryl methyl sites for hydroxylation is 1. The largest absolute Gasteiger partial charge is 0.405 e. The minimum atomic E-state index is -4.39. The lowest BCUT2D eigenvalue weighted by atomic mass is 10.4. The molecule has 0 saturated heterocycles. The molecule has 0 saturated carbocycles. The number of nitrogens with zero attached hydrogens (tertiary/aromatic N) is 2. The number of nitrogens with one attached hydrogen (secondary N) is 1. The summed E-state index contributed by atoms with van der Waals surface area (Å²) in [5.74, 6) is -0.667. The number of alkyl halides is 3. The maximum Gasteiger partial charge on any atom is 0.405 e. The van der Waals surface area contributed by atoms with Crippen LogP contribution in [-0.4, -0.2) is 34.1 Å². The molecule has 0 aliphatic heterocycles. The number of thioether (sulfide) groups is 1. The number of carbonyl (C=O) groups is 1. The van der Waals surface area contributed by atoms with E-state index in [4.69, 9.17) is 0 Å². The minimum Gasteiger partial charge on any atom is -0.346 e. The molecule has 4 nitrogen and oxygen atoms in total. The summed E-state index contributed by atoms with van der Waals surface area (Å²) in [6, 6.07) is 0. The molecule has 0 bridgehead atoms. The SMILES string of the molecule is Cc1nnc(S[C@H](C)C(=O)NCC(F)(F)F)s1. The van der Waals surface area contributed by atoms with Gasteiger partial charge >= 0.3 is 6.18 Å². The molecule has 1 aromatic heterocycles. The lowest BCUT2D eigenvalue weighted by molar-refractivity contribution is -0.137. The Labute approximate surface area is 104 Å². The van der Waals surface area contributed by atoms with Gasteiger partial charge in [-0.05, 0) is 13.8 Å². The Morgan fingerprint density at radius 3 is 2.65 bits per heavy atom. The number of rotatable bonds is 4. The maximum atomic E-state index is 11.9. The van der Waals surface area contributed by atoms with E-state index >= 15 is 0 Å². The molecule has 1 atom stereocenters. The van der Waals surface area contributed by atoms with Crippen LogP contribution in [0.5, 0.6) is 0 Å². The molecule has 0 aliphatic carbocycles. The van der Waals surface area contributed by atoms with Gasteiger partial charge in [-0.2, -0.15) is 13.2 Å². The molecule has 96 valence electrons. The quantitative estimate of drug-likeness (QED) is 0.860. The smallest absolute Gasteiger partial charge is 0.346 e. The van der Waals surface area contributed by atoms with Gasteiger partial charge in [0.05, 0.1) is 5.25 Å². The Morgan fingerprint density at radius 1 is 1.53 bits per heavy atom. The van der Waals surface area contributed by atoms with Crippen LogP contribution in [0.4, 0.5) is 13.2 Å². The first-order valence-electron chi connectivity index (χ1n) is 4.59. The summed E-state index contributed by atoms with van der Waals surface area (Å²) in [7, 11) is 0. The van der Waals surface area contributed by atoms with E-state index in [9.17, 15) is 18.0 Å². The van der Waals surface area contributed by atoms with Crippen molar-refractivity contribution in [3.8, 4) is 0 Å². The van der Waals surface area contributed by atoms with Crippen LogP contribution in [0.2, 0.25) is 0 Å². The van der Waals surface area contributed by atoms with Gasteiger partial charge in [0.1, 0.15) is 11.6 Å². The van der Waals surface area contributed by atoms with Crippen molar-refractivity contribution in [3.63, 3.8) is 0 Å². The first-order valence-corrected chi connectivity index (χ1v) is 6.29. The van der Waals surface area contributed by atoms with Crippen molar-refractivity contribution in [3.05, 3.63) is 5.01 Å². The summed E-state index contributed by atoms with van der Waals surface area (Å²) < 4.78 is 36.2. The van der Waals surface area contributed by atoms with Crippen LogP contribution in [0.1, 0.15) is 11.9 Å². The predicted octanol–water partition coefficient (Wildman–Crippen LogP) is 2.01. The molecule has 1 rings (SSSR count). The third-order valence-corrected chi connectivity index (χ3v) is 3.64. The molecule has 9 heteroatoms. The lowest BCUT2D eigenvalue weighted by Gasteiger charge is -2.11. The van der Waals surface area contributed by atoms with Crippen molar-refractivity contribution in [1.29, 1.82) is 0 Å². The monoisotopic (exact) mass is 285 g/mol. The highest BCUT2D eigenvalue weighted by atomic mass is 32.2. The lowest BCUT2D eigenvalue weighted by Crippen LogP contribution is -2.37. The zero-order chi connectivity index (χ0) is 13.1. The van der Waals surface area contributed by atoms with E-state index < -0.39 is 23.9 Å². The number of carbonyl (C=O) groups excluding carboxylic acids is 1. The molecule has 0 fully saturated rings. The van der Waals surface area contributed by atoms with E-state index in [0.717, 1.165) is 16.8 Å². The molecule has 0 aliphatic rings. The number of halogens is 3. The highest BCUT2D eigenvalue weighted by Crippen LogP contribution is 2.26. The Hall–Kier alpha value is -0.830. The molecule has 1 aromatic rings. The molecule has 1 N–H and O–H groups in total. The fraction of sp³-hybridized carbons (Fsp3) is 0.625. The highest BCUT2D eigenvalue weighted by molar-refractivity contribution is 8.02. The van der Waals surface area contributed by atoms with Gasteiger partial charge < -0.3 is 5.32 Å². The van der Waals surface area contributed by atoms with Crippen LogP contribution >= 0.6 is 23.1 Å². The number of hydrogen-bond acceptors (Lipinski definition) is 5. The predicted molar refractivity (Wildman–Crippen MR) is 59.0 cm³/mol. The minimum absolute atomic E-state index is 0.567. The van der Waals surface area contributed by atoms with Crippen molar-refractivity contribution in [2.24, 2.45) is 0 Å². The van der Waals surface area contributed by atoms with Crippen LogP contribution in [0.3, 0.4) is 0 Å². The molecular weight excluding hydrogens is 275 g/mol. The summed E-state index contributed by atoms with van der Waals surface area (Å²) in [5.41, 5.74) is 0. The summed E-state index contributed by atoms with van der Waals surface area (Å²) in [6.07, 6.45) is -4.39. The zero-order valence-corrected chi connectivity index (χ0v) is 10.7. The summed E-state index contributed by atoms with van der Waals surface area (Å²) in [4.78, 5) is 11.3. The number of amides is 1. The van der Waals surface area contributed by atoms with E-state index in [1.165, 1.54) is 18.3 Å². The van der Waals surface area contributed by atoms with E-state index in [1.807, 2.05) is 5.32 Å². The van der Waals surface area contributed by atoms with Crippen LogP contribution in [0.15, 0.2) is 4.34 Å². The number of aromatic nitrogens is 2. The van der Waals surface area contributed by atoms with Crippen LogP contribution in [0, 0.1) is 6.92 Å². The molecule has 0 unspecified atom stereocenters. The fourth-order valence-corrected chi connectivity index (χ4v) is 2.85. The molecule has 1 heterocycles. The molecule has 0 spiro atoms. The van der Waals surface area contributed by atoms with Crippen molar-refractivity contribution in [2.45, 2.75) is 29.6 Å². The Bertz CT molecular complexity index is 394. The van der Waals surface area contributed by atoms with E-state index in [1.54, 1.807) is 6.92 Å². The van der Waals surface area contributed by atoms with Gasteiger partial charge in [0.25, 0.3) is 0 Å². The van der Waals surface area contributed by atoms with Crippen molar-refractivity contribution < 1.29 is 18.0 Å². The van der Waals surface area contributed by atoms with Gasteiger partial charge in [-0.15, -0.1) is 10.2 Å². The zero-order valence-electron chi connectivity index (χ0n) is 9.04. The van der Waals surface area contributed by atoms with Gasteiger partial charge in [-0.25, -0.2) is 0 Å². The summed E-state index contributed by atoms with van der Waals surface area (Å²) in [6.45, 7) is 1.97. The van der Waals surface area contributed by atoms with Gasteiger partial charge in [0, 0.05) is 0 Å². The Balaban J connectivity index is 2.42. The number of hydrogen-bond donors (Lipinski definition) is 1. The van der Waals surface area contributed by atoms with Gasteiger partial charge in [-0.1, -0.05) is 23.1 Å². The second kappa shape index (κ2) is 5.67. The summed E-state index contributed by atoms with van der Waals surface area (Å²) >= 11 is 2.38. The fourth-order valence-electron chi connectivity index (χ4n) is 0.862. The first kappa shape index (κ1) is 14.2. The van der Waals surface area contributed by atoms with Crippen LogP contribution in [0.25, 0.3) is 0 Å². The summed E-state index contributed by atoms with van der Waals surface area (Å²) in [5, 5.41) is 9.46. The van der Waals surface area contributed by atoms with E-state index in [0.29, 0.717) is 4.34 Å². The molecule has 0 radical (unpaired) electrons. The average molecular weight is 285 g/mol. The van der Waals surface area contributed by atoms with Gasteiger partial charge in [-0.3, -0.25) is 4.79 Å². The van der Waals surface area contributed by atoms with E-state index in [2.05, 4.69) is 10.2 Å². The first-order chi connectivity index (χ1) is 7.78. The van der Waals surface area contributed by atoms with E-state index in [-0.39, 0.29) is 0 Å². The van der Waals surface area contributed by atoms with Gasteiger partial charge in [0.2, 0.25) is 5.91 Å². The van der Waals surface area contributed by atoms with Crippen LogP contribution in [-0.2, 0) is 4.79 Å². The van der Waals surface area contributed by atoms with Gasteiger partial charge in [0.15, 0.2) is 4.34 Å². The van der Waals surface area contributed by atoms with Crippen LogP contribution < -0.4 is 5.32 Å². The average Bonchev–Trinajstić information content (AvgIpc) is 2.59. The molecule has 0 aromatic carbocycles.